The highest BCUT2D eigenvalue weighted by atomic mass is 16.6. The minimum atomic E-state index is -1.03. The van der Waals surface area contributed by atoms with Gasteiger partial charge in [0.05, 0.1) is 17.4 Å². The van der Waals surface area contributed by atoms with Crippen molar-refractivity contribution in [1.29, 1.82) is 5.26 Å². The lowest BCUT2D eigenvalue weighted by Crippen LogP contribution is -2.37. The van der Waals surface area contributed by atoms with Gasteiger partial charge in [-0.1, -0.05) is 0 Å². The summed E-state index contributed by atoms with van der Waals surface area (Å²) in [5.41, 5.74) is 0.498. The van der Waals surface area contributed by atoms with E-state index in [1.54, 1.807) is 0 Å². The Balaban J connectivity index is 2.03. The number of carbonyl (C=O) groups excluding carboxylic acids is 2. The van der Waals surface area contributed by atoms with Crippen LogP contribution in [0.2, 0.25) is 0 Å². The molecular formula is C18H17N3O6. The molecule has 0 aliphatic rings. The third kappa shape index (κ3) is 4.92. The second-order valence-corrected chi connectivity index (χ2v) is 5.68. The molecule has 0 aliphatic heterocycles. The zero-order valence-electron chi connectivity index (χ0n) is 14.7. The first-order valence-corrected chi connectivity index (χ1v) is 8.01. The van der Waals surface area contributed by atoms with E-state index in [2.05, 4.69) is 0 Å². The number of nitriles is 1. The largest absolute Gasteiger partial charge is 0.449 e. The van der Waals surface area contributed by atoms with E-state index < -0.39 is 22.9 Å². The van der Waals surface area contributed by atoms with Crippen LogP contribution in [0, 0.1) is 21.4 Å². The van der Waals surface area contributed by atoms with Crippen LogP contribution in [0.1, 0.15) is 23.9 Å². The van der Waals surface area contributed by atoms with Crippen molar-refractivity contribution in [2.45, 2.75) is 19.4 Å². The molecular weight excluding hydrogens is 354 g/mol. The SMILES string of the molecule is C[C@@H](OC(=O)c1ccc(-c2ccc([N+](=O)[O-])cc2)o1)C(=O)N(C)CCC#N. The van der Waals surface area contributed by atoms with Gasteiger partial charge in [0.1, 0.15) is 5.76 Å². The van der Waals surface area contributed by atoms with Crippen molar-refractivity contribution < 1.29 is 23.7 Å². The first kappa shape index (κ1) is 19.7. The number of nitro benzene ring substituents is 1. The highest BCUT2D eigenvalue weighted by Crippen LogP contribution is 2.25. The molecule has 1 heterocycles. The van der Waals surface area contributed by atoms with Crippen LogP contribution in [0.5, 0.6) is 0 Å². The molecule has 9 heteroatoms. The van der Waals surface area contributed by atoms with Crippen LogP contribution in [-0.2, 0) is 9.53 Å². The second kappa shape index (κ2) is 8.62. The monoisotopic (exact) mass is 371 g/mol. The molecule has 0 fully saturated rings. The second-order valence-electron chi connectivity index (χ2n) is 5.68. The molecule has 0 aliphatic carbocycles. The standard InChI is InChI=1S/C18H17N3O6/c1-12(17(22)20(2)11-3-10-19)26-18(23)16-9-8-15(27-16)13-4-6-14(7-5-13)21(24)25/h4-9,12H,3,11H2,1-2H3/t12-/m1/s1. The lowest BCUT2D eigenvalue weighted by atomic mass is 10.1. The highest BCUT2D eigenvalue weighted by molar-refractivity contribution is 5.90. The van der Waals surface area contributed by atoms with Crippen molar-refractivity contribution in [3.8, 4) is 17.4 Å². The number of furan rings is 1. The minimum Gasteiger partial charge on any atom is -0.449 e. The molecule has 1 amide bonds. The van der Waals surface area contributed by atoms with Gasteiger partial charge < -0.3 is 14.1 Å². The lowest BCUT2D eigenvalue weighted by Gasteiger charge is -2.20. The molecule has 0 spiro atoms. The van der Waals surface area contributed by atoms with Gasteiger partial charge in [-0.15, -0.1) is 0 Å². The molecule has 9 nitrogen and oxygen atoms in total. The van der Waals surface area contributed by atoms with Gasteiger partial charge in [-0.2, -0.15) is 5.26 Å². The van der Waals surface area contributed by atoms with E-state index in [4.69, 9.17) is 14.4 Å². The van der Waals surface area contributed by atoms with Crippen LogP contribution in [0.15, 0.2) is 40.8 Å². The third-order valence-corrected chi connectivity index (χ3v) is 3.74. The van der Waals surface area contributed by atoms with Crippen molar-refractivity contribution in [1.82, 2.24) is 4.90 Å². The first-order valence-electron chi connectivity index (χ1n) is 8.01. The van der Waals surface area contributed by atoms with Crippen LogP contribution in [0.4, 0.5) is 5.69 Å². The van der Waals surface area contributed by atoms with E-state index in [9.17, 15) is 19.7 Å². The van der Waals surface area contributed by atoms with Crippen LogP contribution in [-0.4, -0.2) is 41.4 Å². The normalized spacial score (nSPS) is 11.3. The van der Waals surface area contributed by atoms with E-state index >= 15 is 0 Å². The van der Waals surface area contributed by atoms with Crippen LogP contribution in [0.3, 0.4) is 0 Å². The van der Waals surface area contributed by atoms with Gasteiger partial charge in [0, 0.05) is 31.3 Å². The maximum Gasteiger partial charge on any atom is 0.375 e. The smallest absolute Gasteiger partial charge is 0.375 e. The fourth-order valence-electron chi connectivity index (χ4n) is 2.26. The fraction of sp³-hybridized carbons (Fsp3) is 0.278. The van der Waals surface area contributed by atoms with Gasteiger partial charge in [0.25, 0.3) is 11.6 Å². The molecule has 27 heavy (non-hydrogen) atoms. The molecule has 0 saturated heterocycles. The topological polar surface area (TPSA) is 127 Å². The van der Waals surface area contributed by atoms with Gasteiger partial charge in [0.2, 0.25) is 5.76 Å². The van der Waals surface area contributed by atoms with Crippen molar-refractivity contribution >= 4 is 17.6 Å². The predicted molar refractivity (Wildman–Crippen MR) is 93.5 cm³/mol. The Kier molecular flexibility index (Phi) is 6.27. The number of nitro groups is 1. The lowest BCUT2D eigenvalue weighted by molar-refractivity contribution is -0.384. The highest BCUT2D eigenvalue weighted by Gasteiger charge is 2.24. The van der Waals surface area contributed by atoms with Gasteiger partial charge >= 0.3 is 5.97 Å². The molecule has 0 unspecified atom stereocenters. The molecule has 0 bridgehead atoms. The fourth-order valence-corrected chi connectivity index (χ4v) is 2.26. The molecule has 0 saturated carbocycles. The minimum absolute atomic E-state index is 0.0576. The molecule has 140 valence electrons. The van der Waals surface area contributed by atoms with Crippen molar-refractivity contribution in [2.75, 3.05) is 13.6 Å². The van der Waals surface area contributed by atoms with Crippen LogP contribution >= 0.6 is 0 Å². The Morgan fingerprint density at radius 2 is 1.96 bits per heavy atom. The van der Waals surface area contributed by atoms with Crippen molar-refractivity contribution in [3.05, 3.63) is 52.3 Å². The summed E-state index contributed by atoms with van der Waals surface area (Å²) in [6.07, 6.45) is -0.853. The van der Waals surface area contributed by atoms with Crippen molar-refractivity contribution in [2.24, 2.45) is 0 Å². The van der Waals surface area contributed by atoms with Crippen LogP contribution < -0.4 is 0 Å². The number of hydrogen-bond acceptors (Lipinski definition) is 7. The number of amides is 1. The van der Waals surface area contributed by atoms with E-state index in [0.29, 0.717) is 11.3 Å². The first-order chi connectivity index (χ1) is 12.8. The third-order valence-electron chi connectivity index (χ3n) is 3.74. The molecule has 2 aromatic rings. The average Bonchev–Trinajstić information content (AvgIpc) is 3.15. The number of carbonyl (C=O) groups is 2. The van der Waals surface area contributed by atoms with Gasteiger partial charge in [-0.25, -0.2) is 4.79 Å². The van der Waals surface area contributed by atoms with Gasteiger partial charge in [-0.3, -0.25) is 14.9 Å². The number of rotatable bonds is 7. The molecule has 1 aromatic carbocycles. The summed E-state index contributed by atoms with van der Waals surface area (Å²) in [5, 5.41) is 19.2. The maximum atomic E-state index is 12.2. The maximum absolute atomic E-state index is 12.2. The summed E-state index contributed by atoms with van der Waals surface area (Å²) in [6.45, 7) is 1.67. The number of likely N-dealkylation sites (N-methyl/N-ethyl adjacent to an activating group) is 1. The predicted octanol–water partition coefficient (Wildman–Crippen LogP) is 2.77. The average molecular weight is 371 g/mol. The van der Waals surface area contributed by atoms with E-state index in [-0.39, 0.29) is 24.4 Å². The van der Waals surface area contributed by atoms with Gasteiger partial charge in [-0.05, 0) is 31.2 Å². The summed E-state index contributed by atoms with van der Waals surface area (Å²) in [7, 11) is 1.52. The Morgan fingerprint density at radius 1 is 1.30 bits per heavy atom. The van der Waals surface area contributed by atoms with E-state index in [1.807, 2.05) is 6.07 Å². The Labute approximate surface area is 154 Å². The summed E-state index contributed by atoms with van der Waals surface area (Å²) in [4.78, 5) is 35.7. The van der Waals surface area contributed by atoms with Gasteiger partial charge in [0.15, 0.2) is 6.10 Å². The summed E-state index contributed by atoms with van der Waals surface area (Å²) < 4.78 is 10.5. The number of esters is 1. The summed E-state index contributed by atoms with van der Waals surface area (Å²) in [5.74, 6) is -0.997. The molecule has 1 atom stereocenters. The number of nitrogens with zero attached hydrogens (tertiary/aromatic N) is 3. The quantitative estimate of drug-likeness (QED) is 0.416. The number of non-ortho nitro benzene ring substituents is 1. The van der Waals surface area contributed by atoms with E-state index in [0.717, 1.165) is 0 Å². The molecule has 2 rings (SSSR count). The molecule has 0 radical (unpaired) electrons. The zero-order chi connectivity index (χ0) is 20.0. The Morgan fingerprint density at radius 3 is 2.56 bits per heavy atom. The number of hydrogen-bond donors (Lipinski definition) is 0. The Hall–Kier alpha value is -3.67. The van der Waals surface area contributed by atoms with E-state index in [1.165, 1.54) is 55.3 Å². The Bertz CT molecular complexity index is 881. The molecule has 1 aromatic heterocycles. The number of benzene rings is 1. The summed E-state index contributed by atoms with van der Waals surface area (Å²) in [6, 6.07) is 10.5. The van der Waals surface area contributed by atoms with Crippen LogP contribution in [0.25, 0.3) is 11.3 Å². The number of ether oxygens (including phenoxy) is 1. The molecule has 0 N–H and O–H groups in total. The summed E-state index contributed by atoms with van der Waals surface area (Å²) >= 11 is 0. The van der Waals surface area contributed by atoms with Crippen molar-refractivity contribution in [3.63, 3.8) is 0 Å². The zero-order valence-corrected chi connectivity index (χ0v) is 14.7.